The summed E-state index contributed by atoms with van der Waals surface area (Å²) < 4.78 is 0. The van der Waals surface area contributed by atoms with E-state index in [0.717, 1.165) is 25.1 Å². The smallest absolute Gasteiger partial charge is 0.234 e. The highest BCUT2D eigenvalue weighted by molar-refractivity contribution is 9.09. The van der Waals surface area contributed by atoms with Crippen molar-refractivity contribution < 1.29 is 4.92 Å². The summed E-state index contributed by atoms with van der Waals surface area (Å²) in [5.74, 6) is 0.472. The van der Waals surface area contributed by atoms with E-state index in [-0.39, 0.29) is 15.8 Å². The highest BCUT2D eigenvalue weighted by Gasteiger charge is 2.41. The van der Waals surface area contributed by atoms with E-state index in [1.807, 2.05) is 18.2 Å². The Balaban J connectivity index is 2.28. The lowest BCUT2D eigenvalue weighted by Gasteiger charge is -2.39. The molecule has 0 N–H and O–H groups in total. The molecule has 1 fully saturated rings. The molecule has 1 aromatic carbocycles. The Bertz CT molecular complexity index is 467. The highest BCUT2D eigenvalue weighted by Crippen LogP contribution is 2.32. The molecular formula is C16H23BrN2O2. The Morgan fingerprint density at radius 1 is 1.33 bits per heavy atom. The lowest BCUT2D eigenvalue weighted by atomic mass is 9.88. The Morgan fingerprint density at radius 2 is 2.00 bits per heavy atom. The molecule has 4 nitrogen and oxygen atoms in total. The molecule has 0 aromatic heterocycles. The second-order valence-corrected chi connectivity index (χ2v) is 7.51. The van der Waals surface area contributed by atoms with E-state index in [0.29, 0.717) is 12.3 Å². The predicted octanol–water partition coefficient (Wildman–Crippen LogP) is 4.11. The highest BCUT2D eigenvalue weighted by atomic mass is 79.9. The number of hydrogen-bond acceptors (Lipinski definition) is 3. The molecule has 0 spiro atoms. The van der Waals surface area contributed by atoms with Gasteiger partial charge in [0.1, 0.15) is 0 Å². The van der Waals surface area contributed by atoms with Crippen molar-refractivity contribution >= 4 is 21.6 Å². The van der Waals surface area contributed by atoms with Gasteiger partial charge in [-0.1, -0.05) is 48.0 Å². The summed E-state index contributed by atoms with van der Waals surface area (Å²) in [5, 5.41) is 11.5. The van der Waals surface area contributed by atoms with Crippen molar-refractivity contribution in [2.75, 3.05) is 11.4 Å². The number of nitrogens with zero attached hydrogens (tertiary/aromatic N) is 2. The van der Waals surface area contributed by atoms with Gasteiger partial charge < -0.3 is 4.90 Å². The molecule has 1 aliphatic rings. The van der Waals surface area contributed by atoms with Gasteiger partial charge >= 0.3 is 0 Å². The molecule has 5 heteroatoms. The average molecular weight is 355 g/mol. The molecule has 2 rings (SSSR count). The lowest BCUT2D eigenvalue weighted by Crippen LogP contribution is -2.52. The molecule has 0 bridgehead atoms. The summed E-state index contributed by atoms with van der Waals surface area (Å²) in [6.45, 7) is 5.17. The Morgan fingerprint density at radius 3 is 2.57 bits per heavy atom. The zero-order valence-electron chi connectivity index (χ0n) is 12.6. The number of hydrogen-bond donors (Lipinski definition) is 0. The first kappa shape index (κ1) is 16.3. The minimum Gasteiger partial charge on any atom is -0.361 e. The Hall–Kier alpha value is -1.10. The third kappa shape index (κ3) is 4.19. The van der Waals surface area contributed by atoms with E-state index < -0.39 is 6.04 Å². The Labute approximate surface area is 134 Å². The van der Waals surface area contributed by atoms with E-state index in [4.69, 9.17) is 0 Å². The molecule has 1 aromatic rings. The van der Waals surface area contributed by atoms with E-state index >= 15 is 0 Å². The molecule has 1 saturated carbocycles. The van der Waals surface area contributed by atoms with Gasteiger partial charge in [-0.2, -0.15) is 0 Å². The third-order valence-electron chi connectivity index (χ3n) is 4.04. The van der Waals surface area contributed by atoms with Gasteiger partial charge in [-0.3, -0.25) is 10.1 Å². The van der Waals surface area contributed by atoms with Crippen molar-refractivity contribution in [3.63, 3.8) is 0 Å². The standard InChI is InChI=1S/C16H23BrN2O2/c1-12(2)11-18(14-6-4-3-5-7-14)15-9-8-13(17)10-16(15)19(20)21/h3-7,12-13,15-16H,8-11H2,1-2H3. The molecule has 0 amide bonds. The van der Waals surface area contributed by atoms with Crippen molar-refractivity contribution in [1.82, 2.24) is 0 Å². The normalized spacial score (nSPS) is 25.8. The summed E-state index contributed by atoms with van der Waals surface area (Å²) in [6.07, 6.45) is 2.47. The first-order valence-corrected chi connectivity index (χ1v) is 8.50. The average Bonchev–Trinajstić information content (AvgIpc) is 2.45. The van der Waals surface area contributed by atoms with Crippen LogP contribution in [0.25, 0.3) is 0 Å². The molecule has 0 heterocycles. The number of nitro groups is 1. The number of alkyl halides is 1. The summed E-state index contributed by atoms with van der Waals surface area (Å²) >= 11 is 3.56. The molecule has 21 heavy (non-hydrogen) atoms. The minimum atomic E-state index is -0.498. The first-order valence-electron chi connectivity index (χ1n) is 7.58. The van der Waals surface area contributed by atoms with Crippen LogP contribution in [0.5, 0.6) is 0 Å². The number of para-hydroxylation sites is 1. The van der Waals surface area contributed by atoms with Gasteiger partial charge in [0.2, 0.25) is 6.04 Å². The molecule has 3 unspecified atom stereocenters. The van der Waals surface area contributed by atoms with Gasteiger partial charge in [0, 0.05) is 28.4 Å². The van der Waals surface area contributed by atoms with Crippen molar-refractivity contribution in [1.29, 1.82) is 0 Å². The third-order valence-corrected chi connectivity index (χ3v) is 4.87. The number of benzene rings is 1. The van der Waals surface area contributed by atoms with E-state index in [1.165, 1.54) is 0 Å². The van der Waals surface area contributed by atoms with Gasteiger partial charge in [0.15, 0.2) is 0 Å². The van der Waals surface area contributed by atoms with Crippen LogP contribution in [0.2, 0.25) is 0 Å². The zero-order chi connectivity index (χ0) is 15.4. The summed E-state index contributed by atoms with van der Waals surface area (Å²) in [4.78, 5) is 13.9. The van der Waals surface area contributed by atoms with Gasteiger partial charge in [-0.05, 0) is 30.9 Å². The maximum atomic E-state index is 11.5. The fraction of sp³-hybridized carbons (Fsp3) is 0.625. The quantitative estimate of drug-likeness (QED) is 0.454. The fourth-order valence-corrected chi connectivity index (χ4v) is 3.76. The monoisotopic (exact) mass is 354 g/mol. The van der Waals surface area contributed by atoms with Gasteiger partial charge in [-0.25, -0.2) is 0 Å². The SMILES string of the molecule is CC(C)CN(c1ccccc1)C1CCC(Br)CC1[N+](=O)[O-]. The van der Waals surface area contributed by atoms with E-state index in [9.17, 15) is 10.1 Å². The largest absolute Gasteiger partial charge is 0.361 e. The minimum absolute atomic E-state index is 0.0152. The van der Waals surface area contributed by atoms with Crippen molar-refractivity contribution in [2.24, 2.45) is 5.92 Å². The van der Waals surface area contributed by atoms with Crippen molar-refractivity contribution in [3.8, 4) is 0 Å². The molecule has 116 valence electrons. The summed E-state index contributed by atoms with van der Waals surface area (Å²) in [5.41, 5.74) is 1.09. The summed E-state index contributed by atoms with van der Waals surface area (Å²) in [7, 11) is 0. The second kappa shape index (κ2) is 7.25. The number of rotatable bonds is 5. The van der Waals surface area contributed by atoms with Crippen LogP contribution in [-0.2, 0) is 0 Å². The molecule has 0 saturated heterocycles. The fourth-order valence-electron chi connectivity index (χ4n) is 3.12. The predicted molar refractivity (Wildman–Crippen MR) is 89.8 cm³/mol. The lowest BCUT2D eigenvalue weighted by molar-refractivity contribution is -0.528. The zero-order valence-corrected chi connectivity index (χ0v) is 14.2. The molecular weight excluding hydrogens is 332 g/mol. The second-order valence-electron chi connectivity index (χ2n) is 6.21. The maximum Gasteiger partial charge on any atom is 0.234 e. The van der Waals surface area contributed by atoms with Crippen LogP contribution < -0.4 is 4.90 Å². The molecule has 3 atom stereocenters. The van der Waals surface area contributed by atoms with Crippen molar-refractivity contribution in [2.45, 2.75) is 50.0 Å². The summed E-state index contributed by atoms with van der Waals surface area (Å²) in [6, 6.07) is 9.58. The molecule has 1 aliphatic carbocycles. The van der Waals surface area contributed by atoms with Crippen LogP contribution in [0.3, 0.4) is 0 Å². The van der Waals surface area contributed by atoms with Gasteiger partial charge in [-0.15, -0.1) is 0 Å². The van der Waals surface area contributed by atoms with Crippen LogP contribution in [0.4, 0.5) is 5.69 Å². The van der Waals surface area contributed by atoms with E-state index in [1.54, 1.807) is 0 Å². The number of halogens is 1. The van der Waals surface area contributed by atoms with Crippen LogP contribution in [0, 0.1) is 16.0 Å². The molecule has 0 radical (unpaired) electrons. The topological polar surface area (TPSA) is 46.4 Å². The number of anilines is 1. The first-order chi connectivity index (χ1) is 9.99. The molecule has 0 aliphatic heterocycles. The van der Waals surface area contributed by atoms with Crippen LogP contribution in [0.1, 0.15) is 33.1 Å². The van der Waals surface area contributed by atoms with Gasteiger partial charge in [0.25, 0.3) is 0 Å². The van der Waals surface area contributed by atoms with Gasteiger partial charge in [0.05, 0.1) is 6.04 Å². The van der Waals surface area contributed by atoms with Crippen LogP contribution in [0.15, 0.2) is 30.3 Å². The van der Waals surface area contributed by atoms with Crippen LogP contribution in [-0.4, -0.2) is 28.4 Å². The van der Waals surface area contributed by atoms with Crippen LogP contribution >= 0.6 is 15.9 Å². The Kier molecular flexibility index (Phi) is 5.62. The van der Waals surface area contributed by atoms with E-state index in [2.05, 4.69) is 46.8 Å². The van der Waals surface area contributed by atoms with Crippen molar-refractivity contribution in [3.05, 3.63) is 40.4 Å². The maximum absolute atomic E-state index is 11.5.